The summed E-state index contributed by atoms with van der Waals surface area (Å²) >= 11 is 0. The summed E-state index contributed by atoms with van der Waals surface area (Å²) in [5.74, 6) is 3.69. The Hall–Kier alpha value is -0.790. The molecule has 1 aliphatic heterocycles. The van der Waals surface area contributed by atoms with Gasteiger partial charge in [0, 0.05) is 23.6 Å². The van der Waals surface area contributed by atoms with E-state index in [-0.39, 0.29) is 0 Å². The molecule has 114 valence electrons. The molecule has 1 unspecified atom stereocenters. The molecule has 0 amide bonds. The fourth-order valence-electron chi connectivity index (χ4n) is 6.51. The van der Waals surface area contributed by atoms with Gasteiger partial charge in [0.1, 0.15) is 0 Å². The van der Waals surface area contributed by atoms with E-state index in [0.717, 1.165) is 24.3 Å². The summed E-state index contributed by atoms with van der Waals surface area (Å²) in [6, 6.07) is 2.51. The van der Waals surface area contributed by atoms with Crippen LogP contribution in [0.3, 0.4) is 0 Å². The van der Waals surface area contributed by atoms with Gasteiger partial charge in [-0.3, -0.25) is 4.68 Å². The van der Waals surface area contributed by atoms with E-state index in [2.05, 4.69) is 31.5 Å². The van der Waals surface area contributed by atoms with Gasteiger partial charge in [0.15, 0.2) is 0 Å². The molecule has 1 atom stereocenters. The first-order valence-electron chi connectivity index (χ1n) is 9.03. The van der Waals surface area contributed by atoms with Crippen molar-refractivity contribution in [1.29, 1.82) is 0 Å². The molecule has 0 saturated heterocycles. The molecule has 4 bridgehead atoms. The molecule has 1 aromatic heterocycles. The molecule has 4 fully saturated rings. The Balaban J connectivity index is 1.54. The van der Waals surface area contributed by atoms with Crippen molar-refractivity contribution in [3.63, 3.8) is 0 Å². The minimum absolute atomic E-state index is 0.377. The minimum atomic E-state index is 0.377. The van der Waals surface area contributed by atoms with Crippen LogP contribution in [-0.4, -0.2) is 9.78 Å². The molecule has 4 saturated carbocycles. The van der Waals surface area contributed by atoms with E-state index in [1.54, 1.807) is 0 Å². The first kappa shape index (κ1) is 12.7. The number of fused-ring (bicyclic) bond motifs is 1. The molecule has 0 radical (unpaired) electrons. The van der Waals surface area contributed by atoms with Gasteiger partial charge in [-0.15, -0.1) is 0 Å². The highest BCUT2D eigenvalue weighted by molar-refractivity contribution is 5.29. The van der Waals surface area contributed by atoms with Crippen molar-refractivity contribution in [2.45, 2.75) is 77.2 Å². The zero-order chi connectivity index (χ0) is 14.4. The second kappa shape index (κ2) is 3.75. The molecule has 5 aliphatic rings. The Morgan fingerprint density at radius 1 is 1.05 bits per heavy atom. The van der Waals surface area contributed by atoms with Crippen LogP contribution in [0, 0.1) is 23.2 Å². The van der Waals surface area contributed by atoms with Crippen molar-refractivity contribution >= 4 is 0 Å². The third-order valence-electron chi connectivity index (χ3n) is 7.57. The van der Waals surface area contributed by atoms with Crippen LogP contribution in [0.5, 0.6) is 0 Å². The van der Waals surface area contributed by atoms with Crippen LogP contribution in [0.15, 0.2) is 6.07 Å². The van der Waals surface area contributed by atoms with Gasteiger partial charge in [-0.05, 0) is 67.8 Å². The molecule has 0 spiro atoms. The standard InChI is InChI=1S/C19H28N2/c1-12-16-7-17(20-21(16)11-18(12,2)3)19-8-13-4-14(9-19)6-15(5-13)10-19/h7,12-15H,4-6,8-11H2,1-3H3. The summed E-state index contributed by atoms with van der Waals surface area (Å²) < 4.78 is 2.35. The van der Waals surface area contributed by atoms with Crippen LogP contribution < -0.4 is 0 Å². The Kier molecular flexibility index (Phi) is 2.27. The molecule has 4 aliphatic carbocycles. The largest absolute Gasteiger partial charge is 0.268 e. The second-order valence-electron chi connectivity index (χ2n) is 9.52. The van der Waals surface area contributed by atoms with Gasteiger partial charge in [-0.2, -0.15) is 5.10 Å². The van der Waals surface area contributed by atoms with Crippen LogP contribution in [0.2, 0.25) is 0 Å². The fraction of sp³-hybridized carbons (Fsp3) is 0.842. The van der Waals surface area contributed by atoms with Crippen molar-refractivity contribution < 1.29 is 0 Å². The van der Waals surface area contributed by atoms with Gasteiger partial charge in [-0.25, -0.2) is 0 Å². The van der Waals surface area contributed by atoms with Gasteiger partial charge in [0.25, 0.3) is 0 Å². The number of rotatable bonds is 1. The quantitative estimate of drug-likeness (QED) is 0.742. The first-order chi connectivity index (χ1) is 9.95. The molecule has 0 aromatic carbocycles. The lowest BCUT2D eigenvalue weighted by atomic mass is 9.49. The fourth-order valence-corrected chi connectivity index (χ4v) is 6.51. The summed E-state index contributed by atoms with van der Waals surface area (Å²) in [6.45, 7) is 8.27. The van der Waals surface area contributed by atoms with Gasteiger partial charge < -0.3 is 0 Å². The van der Waals surface area contributed by atoms with Crippen molar-refractivity contribution in [1.82, 2.24) is 9.78 Å². The van der Waals surface area contributed by atoms with Crippen molar-refractivity contribution in [3.05, 3.63) is 17.5 Å². The first-order valence-corrected chi connectivity index (χ1v) is 9.03. The normalized spacial score (nSPS) is 46.0. The Labute approximate surface area is 128 Å². The highest BCUT2D eigenvalue weighted by Crippen LogP contribution is 2.61. The topological polar surface area (TPSA) is 17.8 Å². The number of nitrogens with zero attached hydrogens (tertiary/aromatic N) is 2. The summed E-state index contributed by atoms with van der Waals surface area (Å²) in [5, 5.41) is 5.14. The zero-order valence-electron chi connectivity index (χ0n) is 13.7. The summed E-state index contributed by atoms with van der Waals surface area (Å²) in [7, 11) is 0. The molecule has 2 heterocycles. The number of hydrogen-bond donors (Lipinski definition) is 0. The lowest BCUT2D eigenvalue weighted by Crippen LogP contribution is -2.48. The Bertz CT molecular complexity index is 559. The third-order valence-corrected chi connectivity index (χ3v) is 7.57. The third kappa shape index (κ3) is 1.62. The average molecular weight is 284 g/mol. The molecular weight excluding hydrogens is 256 g/mol. The maximum Gasteiger partial charge on any atom is 0.0689 e. The van der Waals surface area contributed by atoms with E-state index in [1.807, 2.05) is 0 Å². The zero-order valence-corrected chi connectivity index (χ0v) is 13.7. The van der Waals surface area contributed by atoms with Crippen LogP contribution in [0.4, 0.5) is 0 Å². The number of hydrogen-bond acceptors (Lipinski definition) is 1. The van der Waals surface area contributed by atoms with Crippen molar-refractivity contribution in [3.8, 4) is 0 Å². The van der Waals surface area contributed by atoms with Gasteiger partial charge in [0.2, 0.25) is 0 Å². The average Bonchev–Trinajstić information content (AvgIpc) is 2.87. The van der Waals surface area contributed by atoms with E-state index < -0.39 is 0 Å². The second-order valence-corrected chi connectivity index (χ2v) is 9.52. The number of aromatic nitrogens is 2. The minimum Gasteiger partial charge on any atom is -0.268 e. The maximum atomic E-state index is 5.14. The highest BCUT2D eigenvalue weighted by atomic mass is 15.3. The SMILES string of the molecule is CC1c2cc(C34CC5CC(CC(C5)C3)C4)nn2CC1(C)C. The van der Waals surface area contributed by atoms with E-state index >= 15 is 0 Å². The Morgan fingerprint density at radius 2 is 1.62 bits per heavy atom. The van der Waals surface area contributed by atoms with Crippen LogP contribution in [0.1, 0.15) is 76.6 Å². The maximum absolute atomic E-state index is 5.14. The molecule has 0 N–H and O–H groups in total. The monoisotopic (exact) mass is 284 g/mol. The summed E-state index contributed by atoms with van der Waals surface area (Å²) in [4.78, 5) is 0. The summed E-state index contributed by atoms with van der Waals surface area (Å²) in [6.07, 6.45) is 8.89. The van der Waals surface area contributed by atoms with Crippen molar-refractivity contribution in [2.24, 2.45) is 23.2 Å². The van der Waals surface area contributed by atoms with Gasteiger partial charge >= 0.3 is 0 Å². The molecular formula is C19H28N2. The van der Waals surface area contributed by atoms with Gasteiger partial charge in [-0.1, -0.05) is 20.8 Å². The Morgan fingerprint density at radius 3 is 2.14 bits per heavy atom. The lowest BCUT2D eigenvalue weighted by molar-refractivity contribution is -0.00760. The summed E-state index contributed by atoms with van der Waals surface area (Å²) in [5.41, 5.74) is 3.82. The van der Waals surface area contributed by atoms with E-state index in [9.17, 15) is 0 Å². The lowest BCUT2D eigenvalue weighted by Gasteiger charge is -2.56. The predicted molar refractivity (Wildman–Crippen MR) is 84.3 cm³/mol. The van der Waals surface area contributed by atoms with E-state index in [4.69, 9.17) is 5.10 Å². The molecule has 2 nitrogen and oxygen atoms in total. The van der Waals surface area contributed by atoms with Crippen LogP contribution in [0.25, 0.3) is 0 Å². The molecule has 2 heteroatoms. The van der Waals surface area contributed by atoms with Gasteiger partial charge in [0.05, 0.1) is 5.69 Å². The molecule has 1 aromatic rings. The van der Waals surface area contributed by atoms with Crippen LogP contribution in [-0.2, 0) is 12.0 Å². The molecule has 6 rings (SSSR count). The van der Waals surface area contributed by atoms with E-state index in [0.29, 0.717) is 16.7 Å². The highest BCUT2D eigenvalue weighted by Gasteiger charge is 2.53. The predicted octanol–water partition coefficient (Wildman–Crippen LogP) is 4.49. The smallest absolute Gasteiger partial charge is 0.0689 e. The van der Waals surface area contributed by atoms with E-state index in [1.165, 1.54) is 49.9 Å². The van der Waals surface area contributed by atoms with Crippen molar-refractivity contribution in [2.75, 3.05) is 0 Å². The van der Waals surface area contributed by atoms with Crippen LogP contribution >= 0.6 is 0 Å². The molecule has 21 heavy (non-hydrogen) atoms.